The maximum Gasteiger partial charge on any atom is 0.125 e. The van der Waals surface area contributed by atoms with Crippen molar-refractivity contribution in [2.75, 3.05) is 39.4 Å². The third-order valence-corrected chi connectivity index (χ3v) is 3.56. The predicted molar refractivity (Wildman–Crippen MR) is 87.1 cm³/mol. The van der Waals surface area contributed by atoms with Crippen LogP contribution in [0.5, 0.6) is 0 Å². The van der Waals surface area contributed by atoms with Gasteiger partial charge in [-0.15, -0.1) is 0 Å². The molecule has 2 N–H and O–H groups in total. The molecule has 1 aliphatic heterocycles. The Balaban J connectivity index is 1.94. The molecule has 7 heteroatoms. The molecule has 0 spiro atoms. The highest BCUT2D eigenvalue weighted by molar-refractivity contribution is 9.10. The summed E-state index contributed by atoms with van der Waals surface area (Å²) in [4.78, 5) is 15.3. The van der Waals surface area contributed by atoms with E-state index in [2.05, 4.69) is 35.8 Å². The first-order chi connectivity index (χ1) is 10.2. The second-order valence-electron chi connectivity index (χ2n) is 4.81. The summed E-state index contributed by atoms with van der Waals surface area (Å²) in [5.41, 5.74) is 8.13. The first-order valence-electron chi connectivity index (χ1n) is 6.91. The van der Waals surface area contributed by atoms with E-state index in [1.165, 1.54) is 0 Å². The minimum Gasteiger partial charge on any atom is -0.402 e. The Hall–Kier alpha value is -1.31. The Labute approximate surface area is 133 Å². The fourth-order valence-electron chi connectivity index (χ4n) is 2.02. The van der Waals surface area contributed by atoms with Gasteiger partial charge in [0, 0.05) is 37.1 Å². The van der Waals surface area contributed by atoms with Crippen LogP contribution in [0.25, 0.3) is 5.57 Å². The topological polar surface area (TPSA) is 76.6 Å². The fraction of sp³-hybridized carbons (Fsp3) is 0.500. The van der Waals surface area contributed by atoms with Crippen molar-refractivity contribution in [2.24, 2.45) is 10.7 Å². The molecule has 1 aromatic heterocycles. The SMILES string of the molecule is CC(N)=C(C=NCCN1CCOCC1)c1cncc(Br)n1. The number of aromatic nitrogens is 2. The summed E-state index contributed by atoms with van der Waals surface area (Å²) in [6, 6.07) is 0. The Kier molecular flexibility index (Phi) is 6.28. The summed E-state index contributed by atoms with van der Waals surface area (Å²) in [6.07, 6.45) is 5.11. The van der Waals surface area contributed by atoms with Crippen LogP contribution in [0.3, 0.4) is 0 Å². The van der Waals surface area contributed by atoms with Crippen molar-refractivity contribution in [1.82, 2.24) is 14.9 Å². The van der Waals surface area contributed by atoms with Gasteiger partial charge in [-0.3, -0.25) is 14.9 Å². The number of rotatable bonds is 5. The summed E-state index contributed by atoms with van der Waals surface area (Å²) in [5, 5.41) is 0. The molecule has 2 heterocycles. The molecule has 6 nitrogen and oxygen atoms in total. The molecule has 0 amide bonds. The molecule has 0 aliphatic carbocycles. The van der Waals surface area contributed by atoms with E-state index < -0.39 is 0 Å². The molecule has 114 valence electrons. The van der Waals surface area contributed by atoms with Crippen LogP contribution >= 0.6 is 15.9 Å². The monoisotopic (exact) mass is 353 g/mol. The van der Waals surface area contributed by atoms with Gasteiger partial charge in [-0.25, -0.2) is 4.98 Å². The third-order valence-electron chi connectivity index (χ3n) is 3.18. The van der Waals surface area contributed by atoms with Crippen LogP contribution in [-0.2, 0) is 4.74 Å². The lowest BCUT2D eigenvalue weighted by Crippen LogP contribution is -2.37. The van der Waals surface area contributed by atoms with Crippen molar-refractivity contribution in [2.45, 2.75) is 6.92 Å². The second-order valence-corrected chi connectivity index (χ2v) is 5.63. The summed E-state index contributed by atoms with van der Waals surface area (Å²) in [6.45, 7) is 7.08. The number of ether oxygens (including phenoxy) is 1. The van der Waals surface area contributed by atoms with E-state index in [9.17, 15) is 0 Å². The number of morpholine rings is 1. The largest absolute Gasteiger partial charge is 0.402 e. The van der Waals surface area contributed by atoms with Gasteiger partial charge in [-0.2, -0.15) is 0 Å². The summed E-state index contributed by atoms with van der Waals surface area (Å²) in [7, 11) is 0. The van der Waals surface area contributed by atoms with Crippen molar-refractivity contribution in [3.63, 3.8) is 0 Å². The number of nitrogens with two attached hydrogens (primary N) is 1. The van der Waals surface area contributed by atoms with E-state index in [1.54, 1.807) is 18.6 Å². The van der Waals surface area contributed by atoms with Gasteiger partial charge >= 0.3 is 0 Å². The van der Waals surface area contributed by atoms with Gasteiger partial charge in [-0.05, 0) is 22.9 Å². The van der Waals surface area contributed by atoms with Crippen LogP contribution in [-0.4, -0.2) is 60.5 Å². The molecule has 0 bridgehead atoms. The predicted octanol–water partition coefficient (Wildman–Crippen LogP) is 1.33. The molecule has 21 heavy (non-hydrogen) atoms. The third kappa shape index (κ3) is 5.18. The average Bonchev–Trinajstić information content (AvgIpc) is 2.48. The summed E-state index contributed by atoms with van der Waals surface area (Å²) >= 11 is 3.31. The Morgan fingerprint density at radius 2 is 2.24 bits per heavy atom. The van der Waals surface area contributed by atoms with Crippen molar-refractivity contribution >= 4 is 27.7 Å². The summed E-state index contributed by atoms with van der Waals surface area (Å²) < 4.78 is 6.00. The molecule has 0 unspecified atom stereocenters. The van der Waals surface area contributed by atoms with E-state index >= 15 is 0 Å². The quantitative estimate of drug-likeness (QED) is 0.808. The molecule has 0 saturated carbocycles. The van der Waals surface area contributed by atoms with Crippen molar-refractivity contribution in [3.8, 4) is 0 Å². The van der Waals surface area contributed by atoms with E-state index in [0.717, 1.165) is 50.7 Å². The second kappa shape index (κ2) is 8.21. The maximum absolute atomic E-state index is 5.92. The molecule has 1 saturated heterocycles. The standard InChI is InChI=1S/C14H20BrN5O/c1-11(16)12(13-9-18-10-14(15)19-13)8-17-2-3-20-4-6-21-7-5-20/h8-10H,2-7,16H2,1H3. The molecule has 1 fully saturated rings. The molecule has 1 aromatic rings. The fourth-order valence-corrected chi connectivity index (χ4v) is 2.33. The number of hydrogen-bond donors (Lipinski definition) is 1. The van der Waals surface area contributed by atoms with Crippen molar-refractivity contribution < 1.29 is 4.74 Å². The van der Waals surface area contributed by atoms with Gasteiger partial charge in [0.15, 0.2) is 0 Å². The molecule has 1 aliphatic rings. The van der Waals surface area contributed by atoms with E-state index in [4.69, 9.17) is 10.5 Å². The lowest BCUT2D eigenvalue weighted by atomic mass is 10.2. The van der Waals surface area contributed by atoms with Gasteiger partial charge in [-0.1, -0.05) is 0 Å². The van der Waals surface area contributed by atoms with Gasteiger partial charge in [0.25, 0.3) is 0 Å². The molecular formula is C14H20BrN5O. The minimum absolute atomic E-state index is 0.678. The van der Waals surface area contributed by atoms with Crippen LogP contribution in [0.2, 0.25) is 0 Å². The van der Waals surface area contributed by atoms with Crippen LogP contribution < -0.4 is 5.73 Å². The Bertz CT molecular complexity index is 522. The highest BCUT2D eigenvalue weighted by Gasteiger charge is 2.09. The zero-order valence-electron chi connectivity index (χ0n) is 12.1. The van der Waals surface area contributed by atoms with Gasteiger partial charge < -0.3 is 10.5 Å². The van der Waals surface area contributed by atoms with Gasteiger partial charge in [0.2, 0.25) is 0 Å². The molecular weight excluding hydrogens is 334 g/mol. The average molecular weight is 354 g/mol. The van der Waals surface area contributed by atoms with Crippen LogP contribution in [0.4, 0.5) is 0 Å². The van der Waals surface area contributed by atoms with E-state index in [-0.39, 0.29) is 0 Å². The van der Waals surface area contributed by atoms with Crippen LogP contribution in [0.1, 0.15) is 12.6 Å². The van der Waals surface area contributed by atoms with Crippen LogP contribution in [0, 0.1) is 0 Å². The van der Waals surface area contributed by atoms with Gasteiger partial charge in [0.05, 0.1) is 37.8 Å². The number of aliphatic imine (C=N–C) groups is 1. The Morgan fingerprint density at radius 1 is 1.48 bits per heavy atom. The summed E-state index contributed by atoms with van der Waals surface area (Å²) in [5.74, 6) is 0. The number of allylic oxidation sites excluding steroid dienone is 2. The van der Waals surface area contributed by atoms with Crippen LogP contribution in [0.15, 0.2) is 27.7 Å². The lowest BCUT2D eigenvalue weighted by molar-refractivity contribution is 0.0395. The van der Waals surface area contributed by atoms with Crippen molar-refractivity contribution in [3.05, 3.63) is 28.4 Å². The van der Waals surface area contributed by atoms with Crippen molar-refractivity contribution in [1.29, 1.82) is 0 Å². The highest BCUT2D eigenvalue weighted by Crippen LogP contribution is 2.14. The molecule has 2 rings (SSSR count). The zero-order valence-corrected chi connectivity index (χ0v) is 13.7. The first kappa shape index (κ1) is 16.1. The number of nitrogens with zero attached hydrogens (tertiary/aromatic N) is 4. The van der Waals surface area contributed by atoms with Gasteiger partial charge in [0.1, 0.15) is 4.60 Å². The lowest BCUT2D eigenvalue weighted by Gasteiger charge is -2.25. The van der Waals surface area contributed by atoms with E-state index in [0.29, 0.717) is 10.3 Å². The number of halogens is 1. The smallest absolute Gasteiger partial charge is 0.125 e. The highest BCUT2D eigenvalue weighted by atomic mass is 79.9. The molecule has 0 radical (unpaired) electrons. The normalized spacial score (nSPS) is 18.0. The maximum atomic E-state index is 5.92. The zero-order chi connectivity index (χ0) is 15.1. The first-order valence-corrected chi connectivity index (χ1v) is 7.70. The molecule has 0 aromatic carbocycles. The number of hydrogen-bond acceptors (Lipinski definition) is 6. The minimum atomic E-state index is 0.678. The van der Waals surface area contributed by atoms with E-state index in [1.807, 2.05) is 6.92 Å². The Morgan fingerprint density at radius 3 is 2.90 bits per heavy atom. The molecule has 0 atom stereocenters.